The Morgan fingerprint density at radius 1 is 1.00 bits per heavy atom. The first-order valence-electron chi connectivity index (χ1n) is 8.65. The molecule has 8 nitrogen and oxygen atoms in total. The molecule has 9 heteroatoms. The lowest BCUT2D eigenvalue weighted by molar-refractivity contribution is -0.239. The van der Waals surface area contributed by atoms with Crippen LogP contribution in [0.5, 0.6) is 0 Å². The van der Waals surface area contributed by atoms with E-state index in [1.807, 2.05) is 0 Å². The van der Waals surface area contributed by atoms with Crippen molar-refractivity contribution in [2.75, 3.05) is 6.61 Å². The summed E-state index contributed by atoms with van der Waals surface area (Å²) in [6.45, 7) is 3.54. The second-order valence-corrected chi connectivity index (χ2v) is 6.45. The fourth-order valence-electron chi connectivity index (χ4n) is 3.32. The van der Waals surface area contributed by atoms with Crippen LogP contribution >= 0.6 is 0 Å². The average Bonchev–Trinajstić information content (AvgIpc) is 2.99. The van der Waals surface area contributed by atoms with Gasteiger partial charge < -0.3 is 23.5 Å². The van der Waals surface area contributed by atoms with Crippen molar-refractivity contribution in [3.05, 3.63) is 36.3 Å². The molecule has 0 saturated carbocycles. The third-order valence-electron chi connectivity index (χ3n) is 4.28. The van der Waals surface area contributed by atoms with Crippen molar-refractivity contribution in [2.45, 2.75) is 45.3 Å². The first kappa shape index (κ1) is 19.8. The number of benzene rings is 1. The van der Waals surface area contributed by atoms with Crippen molar-refractivity contribution in [3.63, 3.8) is 0 Å². The lowest BCUT2D eigenvalue weighted by Gasteiger charge is -2.41. The maximum atomic E-state index is 13.5. The number of ether oxygens (including phenoxy) is 4. The van der Waals surface area contributed by atoms with E-state index in [9.17, 15) is 18.8 Å². The molecule has 0 bridgehead atoms. The predicted molar refractivity (Wildman–Crippen MR) is 93.5 cm³/mol. The fraction of sp³-hybridized carbons (Fsp3) is 0.421. The number of esters is 3. The van der Waals surface area contributed by atoms with E-state index in [0.717, 1.165) is 0 Å². The monoisotopic (exact) mass is 393 g/mol. The van der Waals surface area contributed by atoms with Crippen LogP contribution in [0.15, 0.2) is 30.5 Å². The van der Waals surface area contributed by atoms with Gasteiger partial charge in [0, 0.05) is 32.4 Å². The zero-order chi connectivity index (χ0) is 20.4. The highest BCUT2D eigenvalue weighted by molar-refractivity contribution is 5.80. The number of fused-ring (bicyclic) bond motifs is 1. The van der Waals surface area contributed by atoms with Crippen molar-refractivity contribution in [2.24, 2.45) is 0 Å². The highest BCUT2D eigenvalue weighted by Crippen LogP contribution is 2.33. The number of hydrogen-bond acceptors (Lipinski definition) is 7. The highest BCUT2D eigenvalue weighted by Gasteiger charge is 2.47. The van der Waals surface area contributed by atoms with Gasteiger partial charge in [-0.3, -0.25) is 14.4 Å². The summed E-state index contributed by atoms with van der Waals surface area (Å²) >= 11 is 0. The van der Waals surface area contributed by atoms with Crippen LogP contribution in [-0.2, 0) is 33.3 Å². The molecular formula is C19H20FNO7. The SMILES string of the molecule is CC(=O)O[C@@H]1[C@@H](OC(C)=O)[C@H](OC(C)=O)CO[C@H]1n1ccc2cc(F)ccc21. The Bertz CT molecular complexity index is 909. The zero-order valence-corrected chi connectivity index (χ0v) is 15.6. The molecular weight excluding hydrogens is 373 g/mol. The zero-order valence-electron chi connectivity index (χ0n) is 15.6. The van der Waals surface area contributed by atoms with Gasteiger partial charge >= 0.3 is 17.9 Å². The van der Waals surface area contributed by atoms with Gasteiger partial charge in [0.2, 0.25) is 0 Å². The van der Waals surface area contributed by atoms with Gasteiger partial charge in [0.15, 0.2) is 24.5 Å². The van der Waals surface area contributed by atoms with E-state index < -0.39 is 42.4 Å². The highest BCUT2D eigenvalue weighted by atomic mass is 19.1. The van der Waals surface area contributed by atoms with Crippen molar-refractivity contribution in [3.8, 4) is 0 Å². The topological polar surface area (TPSA) is 93.1 Å². The van der Waals surface area contributed by atoms with Crippen LogP contribution in [0.1, 0.15) is 27.0 Å². The minimum Gasteiger partial charge on any atom is -0.456 e. The van der Waals surface area contributed by atoms with E-state index in [1.165, 1.54) is 32.9 Å². The number of carbonyl (C=O) groups excluding carboxylic acids is 3. The molecule has 1 fully saturated rings. The summed E-state index contributed by atoms with van der Waals surface area (Å²) in [5.74, 6) is -2.23. The quantitative estimate of drug-likeness (QED) is 0.580. The Morgan fingerprint density at radius 2 is 1.64 bits per heavy atom. The summed E-state index contributed by atoms with van der Waals surface area (Å²) in [6.07, 6.45) is -2.31. The fourth-order valence-corrected chi connectivity index (χ4v) is 3.32. The van der Waals surface area contributed by atoms with Crippen LogP contribution in [0.3, 0.4) is 0 Å². The molecule has 0 amide bonds. The van der Waals surface area contributed by atoms with Gasteiger partial charge in [0.05, 0.1) is 12.1 Å². The number of aromatic nitrogens is 1. The number of halogens is 1. The maximum Gasteiger partial charge on any atom is 0.303 e. The molecule has 2 aromatic rings. The van der Waals surface area contributed by atoms with Crippen molar-refractivity contribution < 1.29 is 37.7 Å². The van der Waals surface area contributed by atoms with Crippen LogP contribution in [0, 0.1) is 5.82 Å². The summed E-state index contributed by atoms with van der Waals surface area (Å²) in [5, 5.41) is 0.622. The Hall–Kier alpha value is -2.94. The van der Waals surface area contributed by atoms with Gasteiger partial charge in [-0.15, -0.1) is 0 Å². The van der Waals surface area contributed by atoms with Crippen LogP contribution < -0.4 is 0 Å². The van der Waals surface area contributed by atoms with Crippen molar-refractivity contribution in [1.82, 2.24) is 4.57 Å². The largest absolute Gasteiger partial charge is 0.456 e. The van der Waals surface area contributed by atoms with Gasteiger partial charge in [0.25, 0.3) is 0 Å². The Labute approximate surface area is 160 Å². The second-order valence-electron chi connectivity index (χ2n) is 6.45. The van der Waals surface area contributed by atoms with Gasteiger partial charge in [-0.2, -0.15) is 0 Å². The molecule has 1 aliphatic heterocycles. The normalized spacial score (nSPS) is 24.6. The molecule has 1 aromatic heterocycles. The maximum absolute atomic E-state index is 13.5. The Balaban J connectivity index is 2.02. The molecule has 0 N–H and O–H groups in total. The first-order chi connectivity index (χ1) is 13.3. The molecule has 0 radical (unpaired) electrons. The summed E-state index contributed by atoms with van der Waals surface area (Å²) < 4.78 is 36.9. The Morgan fingerprint density at radius 3 is 2.29 bits per heavy atom. The van der Waals surface area contributed by atoms with E-state index in [1.54, 1.807) is 22.9 Å². The summed E-state index contributed by atoms with van der Waals surface area (Å²) in [7, 11) is 0. The van der Waals surface area contributed by atoms with Crippen LogP contribution in [-0.4, -0.2) is 47.4 Å². The van der Waals surface area contributed by atoms with E-state index in [4.69, 9.17) is 18.9 Å². The minimum absolute atomic E-state index is 0.0825. The van der Waals surface area contributed by atoms with Crippen molar-refractivity contribution in [1.29, 1.82) is 0 Å². The third kappa shape index (κ3) is 4.14. The van der Waals surface area contributed by atoms with Gasteiger partial charge in [0.1, 0.15) is 5.82 Å². The number of hydrogen-bond donors (Lipinski definition) is 0. The molecule has 1 saturated heterocycles. The summed E-state index contributed by atoms with van der Waals surface area (Å²) in [5.41, 5.74) is 0.635. The van der Waals surface area contributed by atoms with E-state index >= 15 is 0 Å². The molecule has 1 aliphatic rings. The predicted octanol–water partition coefficient (Wildman–Crippen LogP) is 2.10. The van der Waals surface area contributed by atoms with Crippen LogP contribution in [0.2, 0.25) is 0 Å². The van der Waals surface area contributed by atoms with E-state index in [2.05, 4.69) is 0 Å². The molecule has 28 heavy (non-hydrogen) atoms. The lowest BCUT2D eigenvalue weighted by atomic mass is 10.0. The van der Waals surface area contributed by atoms with Gasteiger partial charge in [-0.25, -0.2) is 4.39 Å². The molecule has 150 valence electrons. The van der Waals surface area contributed by atoms with Gasteiger partial charge in [-0.1, -0.05) is 0 Å². The number of nitrogens with zero attached hydrogens (tertiary/aromatic N) is 1. The molecule has 3 rings (SSSR count). The molecule has 2 heterocycles. The molecule has 0 aliphatic carbocycles. The third-order valence-corrected chi connectivity index (χ3v) is 4.28. The van der Waals surface area contributed by atoms with Crippen LogP contribution in [0.4, 0.5) is 4.39 Å². The number of carbonyl (C=O) groups is 3. The van der Waals surface area contributed by atoms with E-state index in [0.29, 0.717) is 10.9 Å². The first-order valence-corrected chi connectivity index (χ1v) is 8.65. The second kappa shape index (κ2) is 7.97. The van der Waals surface area contributed by atoms with Crippen LogP contribution in [0.25, 0.3) is 10.9 Å². The molecule has 1 aromatic carbocycles. The number of rotatable bonds is 4. The standard InChI is InChI=1S/C19H20FNO7/c1-10(22)26-16-9-25-19(18(28-12(3)24)17(16)27-11(2)23)21-7-6-13-8-14(20)4-5-15(13)21/h4-8,16-19H,9H2,1-3H3/t16-,17+,18-,19-/m1/s1. The minimum atomic E-state index is -1.08. The Kier molecular flexibility index (Phi) is 5.64. The smallest absolute Gasteiger partial charge is 0.303 e. The van der Waals surface area contributed by atoms with E-state index in [-0.39, 0.29) is 12.4 Å². The van der Waals surface area contributed by atoms with Gasteiger partial charge in [-0.05, 0) is 24.3 Å². The molecule has 0 unspecified atom stereocenters. The van der Waals surface area contributed by atoms with Crippen molar-refractivity contribution >= 4 is 28.8 Å². The summed E-state index contributed by atoms with van der Waals surface area (Å²) in [4.78, 5) is 34.8. The molecule has 4 atom stereocenters. The lowest BCUT2D eigenvalue weighted by Crippen LogP contribution is -2.55. The average molecular weight is 393 g/mol. The molecule has 0 spiro atoms. The summed E-state index contributed by atoms with van der Waals surface area (Å²) in [6, 6.07) is 5.91.